The molecule has 1 unspecified atom stereocenters. The average Bonchev–Trinajstić information content (AvgIpc) is 2.37. The minimum absolute atomic E-state index is 0.227. The van der Waals surface area contributed by atoms with Crippen LogP contribution in [-0.4, -0.2) is 18.1 Å². The van der Waals surface area contributed by atoms with Gasteiger partial charge in [-0.15, -0.1) is 5.11 Å². The summed E-state index contributed by atoms with van der Waals surface area (Å²) in [6.45, 7) is 0. The first kappa shape index (κ1) is 8.61. The molecule has 0 aromatic heterocycles. The van der Waals surface area contributed by atoms with Crippen molar-refractivity contribution in [3.63, 3.8) is 0 Å². The summed E-state index contributed by atoms with van der Waals surface area (Å²) >= 11 is 11.6. The third-order valence-corrected chi connectivity index (χ3v) is 2.45. The fourth-order valence-electron chi connectivity index (χ4n) is 1.08. The largest absolute Gasteiger partial charge is 0.251 e. The van der Waals surface area contributed by atoms with Gasteiger partial charge in [0.25, 0.3) is 0 Å². The van der Waals surface area contributed by atoms with E-state index in [0.717, 1.165) is 5.70 Å². The second-order valence-corrected chi connectivity index (χ2v) is 3.42. The smallest absolute Gasteiger partial charge is 0.175 e. The molecule has 0 saturated carbocycles. The van der Waals surface area contributed by atoms with E-state index in [1.165, 1.54) is 0 Å². The Morgan fingerprint density at radius 3 is 3.08 bits per heavy atom. The Kier molecular flexibility index (Phi) is 2.03. The van der Waals surface area contributed by atoms with Gasteiger partial charge in [-0.3, -0.25) is 5.01 Å². The Balaban J connectivity index is 2.48. The molecule has 0 amide bonds. The van der Waals surface area contributed by atoms with Crippen molar-refractivity contribution in [2.45, 2.75) is 6.04 Å². The Labute approximate surface area is 85.7 Å². The second-order valence-electron chi connectivity index (χ2n) is 2.63. The van der Waals surface area contributed by atoms with Crippen molar-refractivity contribution in [2.24, 2.45) is 10.3 Å². The lowest BCUT2D eigenvalue weighted by atomic mass is 10.2. The molecule has 0 aromatic carbocycles. The summed E-state index contributed by atoms with van der Waals surface area (Å²) < 4.78 is 0. The summed E-state index contributed by atoms with van der Waals surface area (Å²) in [6, 6.07) is -0.227. The van der Waals surface area contributed by atoms with E-state index in [0.29, 0.717) is 10.1 Å². The van der Waals surface area contributed by atoms with E-state index in [4.69, 9.17) is 23.2 Å². The Morgan fingerprint density at radius 1 is 1.54 bits per heavy atom. The van der Waals surface area contributed by atoms with E-state index in [-0.39, 0.29) is 6.04 Å². The van der Waals surface area contributed by atoms with Gasteiger partial charge in [0, 0.05) is 7.05 Å². The molecular weight excluding hydrogens is 209 g/mol. The van der Waals surface area contributed by atoms with Gasteiger partial charge >= 0.3 is 0 Å². The number of likely N-dealkylation sites (N-methyl/N-ethyl adjacent to an activating group) is 1. The van der Waals surface area contributed by atoms with Crippen LogP contribution in [0.1, 0.15) is 0 Å². The molecule has 0 bridgehead atoms. The molecule has 66 valence electrons. The molecule has 0 radical (unpaired) electrons. The van der Waals surface area contributed by atoms with Crippen LogP contribution in [0.15, 0.2) is 32.2 Å². The SMILES string of the molecule is CN1N=NC2C#CC(Cl)=C(Cl)C=C21. The van der Waals surface area contributed by atoms with Gasteiger partial charge < -0.3 is 0 Å². The maximum atomic E-state index is 5.86. The number of rotatable bonds is 0. The lowest BCUT2D eigenvalue weighted by molar-refractivity contribution is 0.456. The highest BCUT2D eigenvalue weighted by Gasteiger charge is 2.23. The van der Waals surface area contributed by atoms with E-state index in [1.807, 2.05) is 0 Å². The summed E-state index contributed by atoms with van der Waals surface area (Å²) in [5, 5.41) is 10.2. The molecule has 1 heterocycles. The maximum absolute atomic E-state index is 5.86. The predicted molar refractivity (Wildman–Crippen MR) is 51.0 cm³/mol. The van der Waals surface area contributed by atoms with Crippen LogP contribution in [0.25, 0.3) is 0 Å². The lowest BCUT2D eigenvalue weighted by Gasteiger charge is -2.07. The molecule has 0 aromatic rings. The zero-order valence-electron chi connectivity index (χ0n) is 6.75. The molecule has 0 N–H and O–H groups in total. The molecule has 3 nitrogen and oxygen atoms in total. The number of halogens is 2. The molecule has 0 spiro atoms. The molecular formula is C8H5Cl2N3. The quantitative estimate of drug-likeness (QED) is 0.568. The average molecular weight is 214 g/mol. The van der Waals surface area contributed by atoms with Crippen molar-refractivity contribution in [1.82, 2.24) is 5.01 Å². The third kappa shape index (κ3) is 1.43. The maximum Gasteiger partial charge on any atom is 0.175 e. The molecule has 13 heavy (non-hydrogen) atoms. The number of fused-ring (bicyclic) bond motifs is 1. The van der Waals surface area contributed by atoms with Crippen LogP contribution in [0.2, 0.25) is 0 Å². The van der Waals surface area contributed by atoms with Crippen LogP contribution in [0.3, 0.4) is 0 Å². The number of nitrogens with zero attached hydrogens (tertiary/aromatic N) is 3. The zero-order chi connectivity index (χ0) is 9.42. The van der Waals surface area contributed by atoms with Crippen LogP contribution in [0.4, 0.5) is 0 Å². The van der Waals surface area contributed by atoms with Crippen LogP contribution >= 0.6 is 23.2 Å². The molecule has 1 aliphatic carbocycles. The molecule has 2 rings (SSSR count). The van der Waals surface area contributed by atoms with E-state index in [2.05, 4.69) is 22.2 Å². The van der Waals surface area contributed by atoms with Gasteiger partial charge in [-0.2, -0.15) is 0 Å². The minimum atomic E-state index is -0.227. The Morgan fingerprint density at radius 2 is 2.31 bits per heavy atom. The highest BCUT2D eigenvalue weighted by Crippen LogP contribution is 2.26. The van der Waals surface area contributed by atoms with Crippen LogP contribution in [0.5, 0.6) is 0 Å². The topological polar surface area (TPSA) is 28.0 Å². The van der Waals surface area contributed by atoms with Crippen molar-refractivity contribution in [2.75, 3.05) is 7.05 Å². The molecule has 5 heteroatoms. The van der Waals surface area contributed by atoms with E-state index < -0.39 is 0 Å². The predicted octanol–water partition coefficient (Wildman–Crippen LogP) is 2.26. The fourth-order valence-corrected chi connectivity index (χ4v) is 1.34. The van der Waals surface area contributed by atoms with Gasteiger partial charge in [-0.1, -0.05) is 40.3 Å². The highest BCUT2D eigenvalue weighted by atomic mass is 35.5. The summed E-state index contributed by atoms with van der Waals surface area (Å²) in [4.78, 5) is 0. The van der Waals surface area contributed by atoms with Crippen LogP contribution in [0, 0.1) is 11.8 Å². The van der Waals surface area contributed by atoms with E-state index >= 15 is 0 Å². The molecule has 2 aliphatic rings. The summed E-state index contributed by atoms with van der Waals surface area (Å²) in [6.07, 6.45) is 1.72. The van der Waals surface area contributed by atoms with Gasteiger partial charge in [0.1, 0.15) is 5.03 Å². The molecule has 0 saturated heterocycles. The highest BCUT2D eigenvalue weighted by molar-refractivity contribution is 6.41. The first-order chi connectivity index (χ1) is 6.18. The van der Waals surface area contributed by atoms with E-state index in [9.17, 15) is 0 Å². The first-order valence-corrected chi connectivity index (χ1v) is 4.37. The normalized spacial score (nSPS) is 25.0. The van der Waals surface area contributed by atoms with Crippen molar-refractivity contribution in [3.05, 3.63) is 21.8 Å². The fraction of sp³-hybridized carbons (Fsp3) is 0.250. The Bertz CT molecular complexity index is 397. The van der Waals surface area contributed by atoms with Crippen molar-refractivity contribution in [3.8, 4) is 11.8 Å². The van der Waals surface area contributed by atoms with Crippen LogP contribution < -0.4 is 0 Å². The molecule has 0 fully saturated rings. The van der Waals surface area contributed by atoms with Gasteiger partial charge in [0.05, 0.1) is 10.7 Å². The van der Waals surface area contributed by atoms with Gasteiger partial charge in [0.2, 0.25) is 0 Å². The standard InChI is InChI=1S/C8H5Cl2N3/c1-13-8-4-6(10)5(9)2-3-7(8)11-12-13/h4,7H,1H3. The lowest BCUT2D eigenvalue weighted by Crippen LogP contribution is -2.12. The Hall–Kier alpha value is -0.980. The summed E-state index contributed by atoms with van der Waals surface area (Å²) in [5.74, 6) is 5.58. The number of hydrogen-bond acceptors (Lipinski definition) is 3. The van der Waals surface area contributed by atoms with Crippen molar-refractivity contribution in [1.29, 1.82) is 0 Å². The molecule has 1 atom stereocenters. The minimum Gasteiger partial charge on any atom is -0.251 e. The number of hydrogen-bond donors (Lipinski definition) is 0. The summed E-state index contributed by atoms with van der Waals surface area (Å²) in [5.41, 5.74) is 0.855. The number of allylic oxidation sites excluding steroid dienone is 3. The van der Waals surface area contributed by atoms with Crippen molar-refractivity contribution < 1.29 is 0 Å². The van der Waals surface area contributed by atoms with Gasteiger partial charge in [0.15, 0.2) is 6.04 Å². The monoisotopic (exact) mass is 213 g/mol. The second kappa shape index (κ2) is 3.06. The van der Waals surface area contributed by atoms with Gasteiger partial charge in [-0.25, -0.2) is 0 Å². The van der Waals surface area contributed by atoms with E-state index in [1.54, 1.807) is 18.1 Å². The zero-order valence-corrected chi connectivity index (χ0v) is 8.26. The summed E-state index contributed by atoms with van der Waals surface area (Å²) in [7, 11) is 1.79. The van der Waals surface area contributed by atoms with Gasteiger partial charge in [-0.05, 0) is 6.08 Å². The third-order valence-electron chi connectivity index (χ3n) is 1.76. The molecule has 1 aliphatic heterocycles. The first-order valence-electron chi connectivity index (χ1n) is 3.61. The van der Waals surface area contributed by atoms with Crippen LogP contribution in [-0.2, 0) is 0 Å². The van der Waals surface area contributed by atoms with Crippen molar-refractivity contribution >= 4 is 23.2 Å².